The molecule has 0 radical (unpaired) electrons. The fourth-order valence-corrected chi connectivity index (χ4v) is 6.47. The van der Waals surface area contributed by atoms with Gasteiger partial charge in [-0.05, 0) is 72.1 Å². The number of ether oxygens (including phenoxy) is 1. The molecule has 4 aromatic carbocycles. The summed E-state index contributed by atoms with van der Waals surface area (Å²) in [7, 11) is -2.83. The molecule has 0 bridgehead atoms. The number of nitrogens with one attached hydrogen (secondary N) is 1. The molecular formula is C35H37ClFN3O5S. The van der Waals surface area contributed by atoms with Crippen LogP contribution in [-0.4, -0.2) is 51.4 Å². The van der Waals surface area contributed by atoms with Gasteiger partial charge in [0.15, 0.2) is 0 Å². The molecule has 11 heteroatoms. The van der Waals surface area contributed by atoms with E-state index in [-0.39, 0.29) is 34.5 Å². The van der Waals surface area contributed by atoms with Gasteiger partial charge in [0.2, 0.25) is 11.8 Å². The van der Waals surface area contributed by atoms with E-state index in [0.717, 1.165) is 22.7 Å². The fourth-order valence-electron chi connectivity index (χ4n) is 4.88. The maximum Gasteiger partial charge on any atom is 0.264 e. The fraction of sp³-hybridized carbons (Fsp3) is 0.257. The van der Waals surface area contributed by atoms with Crippen molar-refractivity contribution in [1.29, 1.82) is 0 Å². The normalized spacial score (nSPS) is 11.8. The molecule has 1 N–H and O–H groups in total. The summed E-state index contributed by atoms with van der Waals surface area (Å²) in [5.74, 6) is -0.988. The average Bonchev–Trinajstić information content (AvgIpc) is 3.06. The van der Waals surface area contributed by atoms with Crippen LogP contribution in [0.4, 0.5) is 10.1 Å². The predicted octanol–water partition coefficient (Wildman–Crippen LogP) is 6.24. The lowest BCUT2D eigenvalue weighted by Crippen LogP contribution is -2.53. The number of hydrogen-bond donors (Lipinski definition) is 1. The summed E-state index contributed by atoms with van der Waals surface area (Å²) in [6.07, 6.45) is 1.78. The Morgan fingerprint density at radius 2 is 1.61 bits per heavy atom. The summed E-state index contributed by atoms with van der Waals surface area (Å²) in [6.45, 7) is 1.72. The van der Waals surface area contributed by atoms with E-state index >= 15 is 0 Å². The van der Waals surface area contributed by atoms with E-state index in [1.165, 1.54) is 66.6 Å². The van der Waals surface area contributed by atoms with Gasteiger partial charge in [0, 0.05) is 24.5 Å². The van der Waals surface area contributed by atoms with Crippen LogP contribution in [0.3, 0.4) is 0 Å². The van der Waals surface area contributed by atoms with Crippen molar-refractivity contribution in [3.8, 4) is 5.75 Å². The van der Waals surface area contributed by atoms with E-state index in [0.29, 0.717) is 17.9 Å². The van der Waals surface area contributed by atoms with Crippen molar-refractivity contribution in [3.05, 3.63) is 125 Å². The van der Waals surface area contributed by atoms with Crippen LogP contribution in [0.1, 0.15) is 30.9 Å². The molecule has 4 aromatic rings. The molecule has 0 saturated heterocycles. The first kappa shape index (κ1) is 34.5. The lowest BCUT2D eigenvalue weighted by molar-refractivity contribution is -0.140. The first-order valence-corrected chi connectivity index (χ1v) is 16.7. The van der Waals surface area contributed by atoms with E-state index in [1.807, 2.05) is 37.3 Å². The topological polar surface area (TPSA) is 96.0 Å². The quantitative estimate of drug-likeness (QED) is 0.152. The smallest absolute Gasteiger partial charge is 0.264 e. The lowest BCUT2D eigenvalue weighted by Gasteiger charge is -2.34. The zero-order valence-electron chi connectivity index (χ0n) is 25.7. The summed E-state index contributed by atoms with van der Waals surface area (Å²) < 4.78 is 48.2. The van der Waals surface area contributed by atoms with Gasteiger partial charge in [-0.3, -0.25) is 13.9 Å². The second-order valence-corrected chi connectivity index (χ2v) is 13.0. The van der Waals surface area contributed by atoms with Crippen LogP contribution in [0.25, 0.3) is 0 Å². The molecule has 242 valence electrons. The number of hydrogen-bond acceptors (Lipinski definition) is 5. The van der Waals surface area contributed by atoms with Gasteiger partial charge in [0.05, 0.1) is 17.7 Å². The number of anilines is 1. The number of sulfonamides is 1. The number of unbranched alkanes of at least 4 members (excludes halogenated alkanes) is 1. The Labute approximate surface area is 274 Å². The average molecular weight is 666 g/mol. The highest BCUT2D eigenvalue weighted by atomic mass is 35.5. The molecular weight excluding hydrogens is 629 g/mol. The van der Waals surface area contributed by atoms with Crippen molar-refractivity contribution in [2.75, 3.05) is 24.5 Å². The standard InChI is InChI=1S/C35H37ClFN3O5S/c1-3-4-21-38-35(42)33(22-26-9-6-5-7-10-26)39(24-27-13-15-29(37)16-14-27)34(41)25-40(30-12-8-11-28(36)23-30)46(43,44)32-19-17-31(45-2)18-20-32/h5-20,23,33H,3-4,21-22,24-25H2,1-2H3,(H,38,42)/t33-/m0/s1. The summed E-state index contributed by atoms with van der Waals surface area (Å²) in [5.41, 5.74) is 1.56. The number of methoxy groups -OCH3 is 1. The SMILES string of the molecule is CCCCNC(=O)[C@H](Cc1ccccc1)N(Cc1ccc(F)cc1)C(=O)CN(c1cccc(Cl)c1)S(=O)(=O)c1ccc(OC)cc1. The molecule has 0 saturated carbocycles. The van der Waals surface area contributed by atoms with Crippen molar-refractivity contribution in [2.45, 2.75) is 43.7 Å². The van der Waals surface area contributed by atoms with E-state index in [2.05, 4.69) is 5.32 Å². The van der Waals surface area contributed by atoms with Crippen LogP contribution in [0.5, 0.6) is 5.75 Å². The summed E-state index contributed by atoms with van der Waals surface area (Å²) >= 11 is 6.27. The summed E-state index contributed by atoms with van der Waals surface area (Å²) in [5, 5.41) is 3.22. The van der Waals surface area contributed by atoms with E-state index in [9.17, 15) is 22.4 Å². The first-order chi connectivity index (χ1) is 22.1. The van der Waals surface area contributed by atoms with Crippen LogP contribution in [0.15, 0.2) is 108 Å². The monoisotopic (exact) mass is 665 g/mol. The number of rotatable bonds is 15. The Kier molecular flexibility index (Phi) is 12.2. The summed E-state index contributed by atoms with van der Waals surface area (Å²) in [6, 6.07) is 25.9. The van der Waals surface area contributed by atoms with Gasteiger partial charge in [-0.1, -0.05) is 73.5 Å². The maximum absolute atomic E-state index is 14.4. The number of amides is 2. The summed E-state index contributed by atoms with van der Waals surface area (Å²) in [4.78, 5) is 29.5. The van der Waals surface area contributed by atoms with E-state index < -0.39 is 34.3 Å². The van der Waals surface area contributed by atoms with Gasteiger partial charge in [0.1, 0.15) is 24.2 Å². The predicted molar refractivity (Wildman–Crippen MR) is 178 cm³/mol. The van der Waals surface area contributed by atoms with Crippen molar-refractivity contribution in [1.82, 2.24) is 10.2 Å². The molecule has 0 aliphatic rings. The third kappa shape index (κ3) is 9.08. The lowest BCUT2D eigenvalue weighted by atomic mass is 10.0. The zero-order valence-corrected chi connectivity index (χ0v) is 27.3. The molecule has 0 heterocycles. The van der Waals surface area contributed by atoms with Gasteiger partial charge in [-0.2, -0.15) is 0 Å². The molecule has 0 fully saturated rings. The molecule has 0 aromatic heterocycles. The van der Waals surface area contributed by atoms with Gasteiger partial charge >= 0.3 is 0 Å². The van der Waals surface area contributed by atoms with Gasteiger partial charge < -0.3 is 15.0 Å². The Hall–Kier alpha value is -4.41. The van der Waals surface area contributed by atoms with Crippen LogP contribution in [-0.2, 0) is 32.6 Å². The van der Waals surface area contributed by atoms with Crippen LogP contribution >= 0.6 is 11.6 Å². The highest BCUT2D eigenvalue weighted by Gasteiger charge is 2.34. The van der Waals surface area contributed by atoms with Crippen molar-refractivity contribution >= 4 is 39.1 Å². The number of benzene rings is 4. The minimum atomic E-state index is -4.30. The Morgan fingerprint density at radius 1 is 0.913 bits per heavy atom. The largest absolute Gasteiger partial charge is 0.497 e. The third-order valence-electron chi connectivity index (χ3n) is 7.39. The minimum absolute atomic E-state index is 0.0655. The van der Waals surface area contributed by atoms with Crippen molar-refractivity contribution in [2.24, 2.45) is 0 Å². The van der Waals surface area contributed by atoms with E-state index in [4.69, 9.17) is 16.3 Å². The van der Waals surface area contributed by atoms with E-state index in [1.54, 1.807) is 18.2 Å². The van der Waals surface area contributed by atoms with Gasteiger partial charge in [-0.25, -0.2) is 12.8 Å². The molecule has 0 aliphatic carbocycles. The first-order valence-electron chi connectivity index (χ1n) is 14.9. The molecule has 1 atom stereocenters. The van der Waals surface area contributed by atoms with Crippen molar-refractivity contribution in [3.63, 3.8) is 0 Å². The highest BCUT2D eigenvalue weighted by Crippen LogP contribution is 2.28. The molecule has 0 unspecified atom stereocenters. The number of carbonyl (C=O) groups excluding carboxylic acids is 2. The Bertz CT molecular complexity index is 1700. The molecule has 8 nitrogen and oxygen atoms in total. The zero-order chi connectivity index (χ0) is 33.1. The molecule has 2 amide bonds. The van der Waals surface area contributed by atoms with Crippen molar-refractivity contribution < 1.29 is 27.1 Å². The number of nitrogens with zero attached hydrogens (tertiary/aromatic N) is 2. The maximum atomic E-state index is 14.4. The highest BCUT2D eigenvalue weighted by molar-refractivity contribution is 7.92. The number of halogens is 2. The second-order valence-electron chi connectivity index (χ2n) is 10.7. The second kappa shape index (κ2) is 16.2. The molecule has 46 heavy (non-hydrogen) atoms. The van der Waals surface area contributed by atoms with Gasteiger partial charge in [0.25, 0.3) is 10.0 Å². The van der Waals surface area contributed by atoms with Gasteiger partial charge in [-0.15, -0.1) is 0 Å². The van der Waals surface area contributed by atoms with Crippen LogP contribution in [0, 0.1) is 5.82 Å². The Morgan fingerprint density at radius 3 is 2.24 bits per heavy atom. The minimum Gasteiger partial charge on any atom is -0.497 e. The molecule has 0 spiro atoms. The number of carbonyl (C=O) groups is 2. The Balaban J connectivity index is 1.78. The third-order valence-corrected chi connectivity index (χ3v) is 9.41. The molecule has 0 aliphatic heterocycles. The molecule has 4 rings (SSSR count). The van der Waals surface area contributed by atoms with Crippen LogP contribution in [0.2, 0.25) is 5.02 Å². The van der Waals surface area contributed by atoms with Crippen LogP contribution < -0.4 is 14.4 Å².